The van der Waals surface area contributed by atoms with Gasteiger partial charge in [-0.2, -0.15) is 0 Å². The molecule has 5 nitrogen and oxygen atoms in total. The van der Waals surface area contributed by atoms with E-state index >= 15 is 0 Å². The van der Waals surface area contributed by atoms with Crippen LogP contribution in [0, 0.1) is 4.64 Å². The van der Waals surface area contributed by atoms with Crippen LogP contribution in [-0.2, 0) is 16.7 Å². The molecule has 1 saturated carbocycles. The van der Waals surface area contributed by atoms with Gasteiger partial charge in [-0.1, -0.05) is 31.5 Å². The maximum atomic E-state index is 12.2. The van der Waals surface area contributed by atoms with Gasteiger partial charge in [-0.15, -0.1) is 0 Å². The lowest BCUT2D eigenvalue weighted by molar-refractivity contribution is 0.152. The summed E-state index contributed by atoms with van der Waals surface area (Å²) in [6.45, 7) is 0.625. The van der Waals surface area contributed by atoms with Crippen molar-refractivity contribution in [2.24, 2.45) is 0 Å². The van der Waals surface area contributed by atoms with Crippen molar-refractivity contribution in [2.45, 2.75) is 49.7 Å². The second-order valence-electron chi connectivity index (χ2n) is 6.15. The van der Waals surface area contributed by atoms with Gasteiger partial charge < -0.3 is 4.57 Å². The van der Waals surface area contributed by atoms with E-state index < -0.39 is 10.0 Å². The van der Waals surface area contributed by atoms with Crippen molar-refractivity contribution in [1.29, 1.82) is 0 Å². The normalized spacial score (nSPS) is 17.3. The average Bonchev–Trinajstić information content (AvgIpc) is 2.50. The first-order valence-electron chi connectivity index (χ1n) is 7.65. The Bertz CT molecular complexity index is 662. The lowest BCUT2D eigenvalue weighted by Gasteiger charge is -2.31. The summed E-state index contributed by atoms with van der Waals surface area (Å²) in [5, 5.41) is 0. The van der Waals surface area contributed by atoms with Gasteiger partial charge in [-0.05, 0) is 32.0 Å². The molecule has 22 heavy (non-hydrogen) atoms. The zero-order valence-corrected chi connectivity index (χ0v) is 15.2. The number of hydrogen-bond donors (Lipinski definition) is 0. The van der Waals surface area contributed by atoms with Crippen LogP contribution in [0.5, 0.6) is 0 Å². The molecule has 0 radical (unpaired) electrons. The van der Waals surface area contributed by atoms with Crippen LogP contribution >= 0.6 is 12.2 Å². The van der Waals surface area contributed by atoms with Crippen LogP contribution in [-0.4, -0.2) is 49.4 Å². The molecule has 1 aliphatic rings. The monoisotopic (exact) mass is 343 g/mol. The van der Waals surface area contributed by atoms with E-state index in [9.17, 15) is 8.42 Å². The minimum Gasteiger partial charge on any atom is -0.324 e. The molecule has 1 aliphatic carbocycles. The van der Waals surface area contributed by atoms with E-state index in [0.717, 1.165) is 0 Å². The van der Waals surface area contributed by atoms with Gasteiger partial charge in [0.05, 0.1) is 11.6 Å². The quantitative estimate of drug-likeness (QED) is 0.771. The fourth-order valence-corrected chi connectivity index (χ4v) is 3.96. The van der Waals surface area contributed by atoms with E-state index in [1.807, 2.05) is 4.57 Å². The Morgan fingerprint density at radius 1 is 1.18 bits per heavy atom. The zero-order chi connectivity index (χ0) is 16.3. The molecule has 1 fully saturated rings. The second-order valence-corrected chi connectivity index (χ2v) is 8.72. The van der Waals surface area contributed by atoms with Crippen molar-refractivity contribution in [3.63, 3.8) is 0 Å². The van der Waals surface area contributed by atoms with E-state index in [-0.39, 0.29) is 4.90 Å². The van der Waals surface area contributed by atoms with Crippen molar-refractivity contribution < 1.29 is 8.42 Å². The number of nitrogens with zero attached hydrogens (tertiary/aromatic N) is 3. The molecule has 7 heteroatoms. The maximum Gasteiger partial charge on any atom is 0.244 e. The predicted octanol–water partition coefficient (Wildman–Crippen LogP) is 2.69. The standard InChI is InChI=1S/C15H25N3O2S2/c1-16(2)22(19,20)14-9-10-15(21)18(11-14)12-17(3)13-7-5-4-6-8-13/h9-11,13H,4-8,12H2,1-3H3. The lowest BCUT2D eigenvalue weighted by Crippen LogP contribution is -2.35. The van der Waals surface area contributed by atoms with E-state index in [0.29, 0.717) is 17.4 Å². The van der Waals surface area contributed by atoms with Crippen LogP contribution in [0.15, 0.2) is 23.2 Å². The Morgan fingerprint density at radius 2 is 1.82 bits per heavy atom. The fourth-order valence-electron chi connectivity index (χ4n) is 2.86. The van der Waals surface area contributed by atoms with Gasteiger partial charge in [0.2, 0.25) is 10.0 Å². The molecule has 0 amide bonds. The topological polar surface area (TPSA) is 45.6 Å². The van der Waals surface area contributed by atoms with Crippen molar-refractivity contribution in [3.8, 4) is 0 Å². The average molecular weight is 344 g/mol. The molecule has 0 bridgehead atoms. The van der Waals surface area contributed by atoms with E-state index in [1.54, 1.807) is 18.3 Å². The fraction of sp³-hybridized carbons (Fsp3) is 0.667. The molecular weight excluding hydrogens is 318 g/mol. The van der Waals surface area contributed by atoms with Crippen LogP contribution in [0.25, 0.3) is 0 Å². The smallest absolute Gasteiger partial charge is 0.244 e. The zero-order valence-electron chi connectivity index (χ0n) is 13.5. The molecule has 0 aliphatic heterocycles. The van der Waals surface area contributed by atoms with Crippen LogP contribution in [0.1, 0.15) is 32.1 Å². The number of aromatic nitrogens is 1. The summed E-state index contributed by atoms with van der Waals surface area (Å²) in [6.07, 6.45) is 7.93. The Morgan fingerprint density at radius 3 is 2.41 bits per heavy atom. The van der Waals surface area contributed by atoms with Crippen molar-refractivity contribution in [3.05, 3.63) is 23.0 Å². The van der Waals surface area contributed by atoms with Gasteiger partial charge in [0.1, 0.15) is 4.64 Å². The SMILES string of the molecule is CN(Cn1cc(S(=O)(=O)N(C)C)ccc1=S)C1CCCCC1. The van der Waals surface area contributed by atoms with E-state index in [1.165, 1.54) is 50.5 Å². The molecule has 1 heterocycles. The molecule has 124 valence electrons. The van der Waals surface area contributed by atoms with Crippen molar-refractivity contribution >= 4 is 22.2 Å². The molecule has 0 aromatic carbocycles. The van der Waals surface area contributed by atoms with Gasteiger partial charge in [-0.3, -0.25) is 4.90 Å². The Balaban J connectivity index is 2.22. The molecule has 0 atom stereocenters. The molecule has 2 rings (SSSR count). The highest BCUT2D eigenvalue weighted by molar-refractivity contribution is 7.89. The number of pyridine rings is 1. The summed E-state index contributed by atoms with van der Waals surface area (Å²) in [6, 6.07) is 3.83. The maximum absolute atomic E-state index is 12.2. The van der Waals surface area contributed by atoms with Crippen LogP contribution in [0.2, 0.25) is 0 Å². The van der Waals surface area contributed by atoms with Gasteiger partial charge in [0, 0.05) is 26.3 Å². The third-order valence-electron chi connectivity index (χ3n) is 4.31. The van der Waals surface area contributed by atoms with Crippen LogP contribution < -0.4 is 0 Å². The Kier molecular flexibility index (Phi) is 5.76. The van der Waals surface area contributed by atoms with Gasteiger partial charge >= 0.3 is 0 Å². The van der Waals surface area contributed by atoms with Gasteiger partial charge in [-0.25, -0.2) is 12.7 Å². The Labute approximate surface area is 138 Å². The summed E-state index contributed by atoms with van der Waals surface area (Å²) in [4.78, 5) is 2.56. The summed E-state index contributed by atoms with van der Waals surface area (Å²) in [5.41, 5.74) is 0. The third kappa shape index (κ3) is 3.95. The summed E-state index contributed by atoms with van der Waals surface area (Å²) >= 11 is 5.35. The van der Waals surface area contributed by atoms with Crippen molar-refractivity contribution in [1.82, 2.24) is 13.8 Å². The lowest BCUT2D eigenvalue weighted by atomic mass is 9.95. The number of hydrogen-bond acceptors (Lipinski definition) is 4. The second kappa shape index (κ2) is 7.21. The highest BCUT2D eigenvalue weighted by atomic mass is 32.2. The van der Waals surface area contributed by atoms with Crippen molar-refractivity contribution in [2.75, 3.05) is 21.1 Å². The molecule has 1 aromatic heterocycles. The highest BCUT2D eigenvalue weighted by Crippen LogP contribution is 2.22. The number of sulfonamides is 1. The molecular formula is C15H25N3O2S2. The van der Waals surface area contributed by atoms with Crippen LogP contribution in [0.3, 0.4) is 0 Å². The van der Waals surface area contributed by atoms with Gasteiger partial charge in [0.15, 0.2) is 0 Å². The molecule has 0 saturated heterocycles. The minimum absolute atomic E-state index is 0.281. The molecule has 0 spiro atoms. The predicted molar refractivity (Wildman–Crippen MR) is 90.8 cm³/mol. The van der Waals surface area contributed by atoms with Gasteiger partial charge in [0.25, 0.3) is 0 Å². The molecule has 1 aromatic rings. The number of rotatable bonds is 5. The minimum atomic E-state index is -3.43. The molecule has 0 unspecified atom stereocenters. The Hall–Kier alpha value is -0.760. The third-order valence-corrected chi connectivity index (χ3v) is 6.48. The first-order chi connectivity index (χ1) is 10.3. The summed E-state index contributed by atoms with van der Waals surface area (Å²) < 4.78 is 28.2. The summed E-state index contributed by atoms with van der Waals surface area (Å²) in [5.74, 6) is 0. The van der Waals surface area contributed by atoms with E-state index in [2.05, 4.69) is 11.9 Å². The first kappa shape index (κ1) is 17.6. The van der Waals surface area contributed by atoms with E-state index in [4.69, 9.17) is 12.2 Å². The molecule has 0 N–H and O–H groups in total. The van der Waals surface area contributed by atoms with Crippen LogP contribution in [0.4, 0.5) is 0 Å². The first-order valence-corrected chi connectivity index (χ1v) is 9.50. The largest absolute Gasteiger partial charge is 0.324 e. The highest BCUT2D eigenvalue weighted by Gasteiger charge is 2.20. The summed E-state index contributed by atoms with van der Waals surface area (Å²) in [7, 11) is 1.73.